The topological polar surface area (TPSA) is 48.9 Å². The molecule has 0 bridgehead atoms. The first-order valence-electron chi connectivity index (χ1n) is 9.84. The number of ether oxygens (including phenoxy) is 1. The standard InChI is InChI=1S/C20H33FN4O.HI/c1-3-22-20(23-12-6-7-13-25-14-8-9-15-25)24-16-17(2)26-19-11-5-4-10-18(19)21;/h4-5,10-11,17H,3,6-9,12-16H2,1-2H3,(H2,22,23,24);1H. The molecule has 1 aromatic rings. The Kier molecular flexibility index (Phi) is 12.4. The molecule has 1 unspecified atom stereocenters. The maximum atomic E-state index is 13.6. The molecule has 1 aromatic carbocycles. The minimum atomic E-state index is -0.341. The molecule has 1 aliphatic rings. The smallest absolute Gasteiger partial charge is 0.191 e. The molecule has 0 spiro atoms. The minimum absolute atomic E-state index is 0. The first-order chi connectivity index (χ1) is 12.7. The van der Waals surface area contributed by atoms with Crippen LogP contribution in [0.1, 0.15) is 39.5 Å². The van der Waals surface area contributed by atoms with Crippen molar-refractivity contribution in [2.45, 2.75) is 45.6 Å². The average molecular weight is 492 g/mol. The van der Waals surface area contributed by atoms with Gasteiger partial charge in [-0.05, 0) is 71.3 Å². The Morgan fingerprint density at radius 3 is 2.67 bits per heavy atom. The van der Waals surface area contributed by atoms with Gasteiger partial charge in [0.1, 0.15) is 6.10 Å². The first-order valence-corrected chi connectivity index (χ1v) is 9.84. The highest BCUT2D eigenvalue weighted by Crippen LogP contribution is 2.17. The lowest BCUT2D eigenvalue weighted by atomic mass is 10.3. The third-order valence-corrected chi connectivity index (χ3v) is 4.41. The fourth-order valence-corrected chi connectivity index (χ4v) is 3.03. The number of aliphatic imine (C=N–C) groups is 1. The third kappa shape index (κ3) is 9.60. The number of halogens is 2. The molecule has 2 N–H and O–H groups in total. The van der Waals surface area contributed by atoms with Gasteiger partial charge in [0, 0.05) is 13.1 Å². The highest BCUT2D eigenvalue weighted by Gasteiger charge is 2.10. The summed E-state index contributed by atoms with van der Waals surface area (Å²) in [5, 5.41) is 6.61. The maximum absolute atomic E-state index is 13.6. The molecule has 1 heterocycles. The van der Waals surface area contributed by atoms with Crippen LogP contribution >= 0.6 is 24.0 Å². The quantitative estimate of drug-likeness (QED) is 0.227. The number of unbranched alkanes of at least 4 members (excludes halogenated alkanes) is 1. The van der Waals surface area contributed by atoms with E-state index in [9.17, 15) is 4.39 Å². The molecule has 0 aliphatic carbocycles. The van der Waals surface area contributed by atoms with E-state index in [0.717, 1.165) is 25.5 Å². The number of nitrogens with one attached hydrogen (secondary N) is 2. The predicted octanol–water partition coefficient (Wildman–Crippen LogP) is 3.64. The average Bonchev–Trinajstić information content (AvgIpc) is 3.15. The molecule has 1 atom stereocenters. The highest BCUT2D eigenvalue weighted by molar-refractivity contribution is 14.0. The molecule has 2 rings (SSSR count). The molecule has 0 amide bonds. The number of likely N-dealkylation sites (tertiary alicyclic amines) is 1. The van der Waals surface area contributed by atoms with E-state index in [2.05, 4.69) is 20.5 Å². The van der Waals surface area contributed by atoms with Crippen LogP contribution in [0.3, 0.4) is 0 Å². The minimum Gasteiger partial charge on any atom is -0.486 e. The second-order valence-electron chi connectivity index (χ2n) is 6.76. The van der Waals surface area contributed by atoms with Crippen LogP contribution in [0.5, 0.6) is 5.75 Å². The summed E-state index contributed by atoms with van der Waals surface area (Å²) in [6.45, 7) is 9.85. The SMILES string of the molecule is CCNC(=NCC(C)Oc1ccccc1F)NCCCCN1CCCC1.I. The van der Waals surface area contributed by atoms with E-state index >= 15 is 0 Å². The van der Waals surface area contributed by atoms with Crippen LogP contribution < -0.4 is 15.4 Å². The lowest BCUT2D eigenvalue weighted by Crippen LogP contribution is -2.38. The van der Waals surface area contributed by atoms with Crippen molar-refractivity contribution in [1.82, 2.24) is 15.5 Å². The van der Waals surface area contributed by atoms with Crippen LogP contribution in [-0.4, -0.2) is 56.2 Å². The van der Waals surface area contributed by atoms with Gasteiger partial charge in [0.15, 0.2) is 17.5 Å². The molecule has 1 aliphatic heterocycles. The molecular formula is C20H34FIN4O. The van der Waals surface area contributed by atoms with E-state index in [4.69, 9.17) is 4.74 Å². The van der Waals surface area contributed by atoms with Gasteiger partial charge in [-0.25, -0.2) is 9.38 Å². The summed E-state index contributed by atoms with van der Waals surface area (Å²) in [6, 6.07) is 6.46. The summed E-state index contributed by atoms with van der Waals surface area (Å²) in [6.07, 6.45) is 4.84. The van der Waals surface area contributed by atoms with Gasteiger partial charge in [0.05, 0.1) is 6.54 Å². The summed E-state index contributed by atoms with van der Waals surface area (Å²) in [5.41, 5.74) is 0. The second-order valence-corrected chi connectivity index (χ2v) is 6.76. The number of nitrogens with zero attached hydrogens (tertiary/aromatic N) is 2. The van der Waals surface area contributed by atoms with Gasteiger partial charge >= 0.3 is 0 Å². The van der Waals surface area contributed by atoms with E-state index in [1.54, 1.807) is 18.2 Å². The largest absolute Gasteiger partial charge is 0.486 e. The Labute approximate surface area is 180 Å². The molecule has 1 saturated heterocycles. The zero-order valence-corrected chi connectivity index (χ0v) is 18.9. The van der Waals surface area contributed by atoms with E-state index in [0.29, 0.717) is 6.54 Å². The van der Waals surface area contributed by atoms with Crippen molar-refractivity contribution in [3.63, 3.8) is 0 Å². The number of rotatable bonds is 10. The fraction of sp³-hybridized carbons (Fsp3) is 0.650. The summed E-state index contributed by atoms with van der Waals surface area (Å²) >= 11 is 0. The van der Waals surface area contributed by atoms with Crippen molar-refractivity contribution >= 4 is 29.9 Å². The molecule has 154 valence electrons. The van der Waals surface area contributed by atoms with Crippen molar-refractivity contribution in [1.29, 1.82) is 0 Å². The first kappa shape index (κ1) is 23.9. The van der Waals surface area contributed by atoms with Gasteiger partial charge in [-0.3, -0.25) is 0 Å². The van der Waals surface area contributed by atoms with E-state index in [-0.39, 0.29) is 41.6 Å². The highest BCUT2D eigenvalue weighted by atomic mass is 127. The van der Waals surface area contributed by atoms with Crippen LogP contribution in [-0.2, 0) is 0 Å². The molecule has 7 heteroatoms. The Bertz CT molecular complexity index is 553. The Hall–Kier alpha value is -1.09. The van der Waals surface area contributed by atoms with Crippen LogP contribution in [0, 0.1) is 5.82 Å². The number of benzene rings is 1. The van der Waals surface area contributed by atoms with Crippen molar-refractivity contribution < 1.29 is 9.13 Å². The van der Waals surface area contributed by atoms with Crippen LogP contribution in [0.2, 0.25) is 0 Å². The van der Waals surface area contributed by atoms with Crippen LogP contribution in [0.15, 0.2) is 29.3 Å². The van der Waals surface area contributed by atoms with Gasteiger partial charge in [-0.1, -0.05) is 12.1 Å². The van der Waals surface area contributed by atoms with Gasteiger partial charge in [0.25, 0.3) is 0 Å². The monoisotopic (exact) mass is 492 g/mol. The molecule has 0 aromatic heterocycles. The summed E-state index contributed by atoms with van der Waals surface area (Å²) in [4.78, 5) is 7.09. The van der Waals surface area contributed by atoms with Crippen molar-refractivity contribution in [3.05, 3.63) is 30.1 Å². The van der Waals surface area contributed by atoms with E-state index in [1.165, 1.54) is 45.0 Å². The summed E-state index contributed by atoms with van der Waals surface area (Å²) < 4.78 is 19.3. The van der Waals surface area contributed by atoms with Gasteiger partial charge in [0.2, 0.25) is 0 Å². The van der Waals surface area contributed by atoms with Crippen molar-refractivity contribution in [2.75, 3.05) is 39.3 Å². The zero-order valence-electron chi connectivity index (χ0n) is 16.5. The third-order valence-electron chi connectivity index (χ3n) is 4.41. The summed E-state index contributed by atoms with van der Waals surface area (Å²) in [5.74, 6) is 0.721. The number of guanidine groups is 1. The Balaban J connectivity index is 0.00000364. The predicted molar refractivity (Wildman–Crippen MR) is 121 cm³/mol. The number of para-hydroxylation sites is 1. The molecular weight excluding hydrogens is 458 g/mol. The van der Waals surface area contributed by atoms with Gasteiger partial charge in [-0.15, -0.1) is 24.0 Å². The lowest BCUT2D eigenvalue weighted by Gasteiger charge is -2.16. The normalized spacial score (nSPS) is 15.9. The lowest BCUT2D eigenvalue weighted by molar-refractivity contribution is 0.220. The molecule has 0 radical (unpaired) electrons. The Morgan fingerprint density at radius 2 is 1.96 bits per heavy atom. The second kappa shape index (κ2) is 14.0. The van der Waals surface area contributed by atoms with Gasteiger partial charge < -0.3 is 20.3 Å². The maximum Gasteiger partial charge on any atom is 0.191 e. The molecule has 27 heavy (non-hydrogen) atoms. The molecule has 5 nitrogen and oxygen atoms in total. The summed E-state index contributed by atoms with van der Waals surface area (Å²) in [7, 11) is 0. The van der Waals surface area contributed by atoms with E-state index in [1.807, 2.05) is 13.8 Å². The number of hydrogen-bond donors (Lipinski definition) is 2. The van der Waals surface area contributed by atoms with E-state index < -0.39 is 0 Å². The van der Waals surface area contributed by atoms with Crippen LogP contribution in [0.4, 0.5) is 4.39 Å². The van der Waals surface area contributed by atoms with Crippen LogP contribution in [0.25, 0.3) is 0 Å². The van der Waals surface area contributed by atoms with Gasteiger partial charge in [-0.2, -0.15) is 0 Å². The van der Waals surface area contributed by atoms with Crippen molar-refractivity contribution in [3.8, 4) is 5.75 Å². The molecule has 1 fully saturated rings. The molecule has 0 saturated carbocycles. The number of hydrogen-bond acceptors (Lipinski definition) is 3. The Morgan fingerprint density at radius 1 is 1.22 bits per heavy atom. The zero-order chi connectivity index (χ0) is 18.6. The van der Waals surface area contributed by atoms with Crippen molar-refractivity contribution in [2.24, 2.45) is 4.99 Å². The fourth-order valence-electron chi connectivity index (χ4n) is 3.03.